The minimum absolute atomic E-state index is 0. The van der Waals surface area contributed by atoms with Crippen LogP contribution < -0.4 is 17.2 Å². The van der Waals surface area contributed by atoms with Crippen LogP contribution in [0.25, 0.3) is 0 Å². The summed E-state index contributed by atoms with van der Waals surface area (Å²) in [6.07, 6.45) is 3.80. The molecule has 0 aliphatic carbocycles. The lowest BCUT2D eigenvalue weighted by Crippen LogP contribution is -2.25. The molecule has 0 aliphatic heterocycles. The molecule has 6 N–H and O–H groups in total. The van der Waals surface area contributed by atoms with E-state index in [0.717, 1.165) is 25.7 Å². The summed E-state index contributed by atoms with van der Waals surface area (Å²) < 4.78 is 5.27. The Bertz CT molecular complexity index is 333. The largest absolute Gasteiger partial charge is 0.462 e. The van der Waals surface area contributed by atoms with E-state index in [2.05, 4.69) is 4.99 Å². The minimum atomic E-state index is -0.470. The lowest BCUT2D eigenvalue weighted by Gasteiger charge is -2.16. The Morgan fingerprint density at radius 2 is 1.81 bits per heavy atom. The van der Waals surface area contributed by atoms with Crippen molar-refractivity contribution in [3.8, 4) is 0 Å². The number of esters is 1. The maximum absolute atomic E-state index is 11.5. The Hall–Kier alpha value is -1.50. The first-order chi connectivity index (χ1) is 9.45. The highest BCUT2D eigenvalue weighted by molar-refractivity contribution is 5.85. The number of ether oxygens (including phenoxy) is 1. The fourth-order valence-corrected chi connectivity index (χ4v) is 1.68. The van der Waals surface area contributed by atoms with E-state index in [0.29, 0.717) is 19.4 Å². The molecule has 0 spiro atoms. The van der Waals surface area contributed by atoms with Crippen molar-refractivity contribution in [2.24, 2.45) is 22.2 Å². The van der Waals surface area contributed by atoms with E-state index in [1.807, 2.05) is 6.92 Å². The number of nitrogens with zero attached hydrogens (tertiary/aromatic N) is 1. The Labute approximate surface area is 132 Å². The molecule has 7 nitrogen and oxygen atoms in total. The second kappa shape index (κ2) is 13.5. The molecule has 0 unspecified atom stereocenters. The van der Waals surface area contributed by atoms with Gasteiger partial charge in [-0.25, -0.2) is 0 Å². The summed E-state index contributed by atoms with van der Waals surface area (Å²) in [7, 11) is 0. The zero-order chi connectivity index (χ0) is 15.4. The van der Waals surface area contributed by atoms with Gasteiger partial charge in [0.05, 0.1) is 6.42 Å². The highest BCUT2D eigenvalue weighted by Gasteiger charge is 2.16. The van der Waals surface area contributed by atoms with Gasteiger partial charge in [-0.05, 0) is 25.7 Å². The van der Waals surface area contributed by atoms with E-state index in [1.165, 1.54) is 0 Å². The number of unbranched alkanes of at least 4 members (excludes halogenated alkanes) is 2. The lowest BCUT2D eigenvalue weighted by atomic mass is 10.1. The number of hydrogen-bond donors (Lipinski definition) is 3. The topological polar surface area (TPSA) is 134 Å². The van der Waals surface area contributed by atoms with E-state index in [4.69, 9.17) is 21.9 Å². The number of carbonyl (C=O) groups excluding carboxylic acids is 2. The van der Waals surface area contributed by atoms with Gasteiger partial charge in [-0.1, -0.05) is 13.3 Å². The third kappa shape index (κ3) is 14.7. The predicted molar refractivity (Wildman–Crippen MR) is 85.0 cm³/mol. The van der Waals surface area contributed by atoms with E-state index in [9.17, 15) is 9.59 Å². The SMILES string of the molecule is CCCCC(=O)O[C@@H](CCCCN=C(N)N)CC(N)=O.Cl. The number of hydrogen-bond acceptors (Lipinski definition) is 4. The van der Waals surface area contributed by atoms with E-state index in [1.54, 1.807) is 0 Å². The summed E-state index contributed by atoms with van der Waals surface area (Å²) in [5.41, 5.74) is 15.6. The van der Waals surface area contributed by atoms with Crippen molar-refractivity contribution < 1.29 is 14.3 Å². The molecule has 124 valence electrons. The molecule has 1 atom stereocenters. The van der Waals surface area contributed by atoms with Crippen LogP contribution in [-0.2, 0) is 14.3 Å². The Balaban J connectivity index is 0. The summed E-state index contributed by atoms with van der Waals surface area (Å²) in [6.45, 7) is 2.52. The summed E-state index contributed by atoms with van der Waals surface area (Å²) in [5, 5.41) is 0. The van der Waals surface area contributed by atoms with Crippen molar-refractivity contribution in [3.05, 3.63) is 0 Å². The first-order valence-electron chi connectivity index (χ1n) is 6.98. The summed E-state index contributed by atoms with van der Waals surface area (Å²) in [5.74, 6) is -0.686. The van der Waals surface area contributed by atoms with E-state index < -0.39 is 12.0 Å². The van der Waals surface area contributed by atoms with Crippen molar-refractivity contribution in [2.45, 2.75) is 58.0 Å². The van der Waals surface area contributed by atoms with Gasteiger partial charge < -0.3 is 21.9 Å². The fourth-order valence-electron chi connectivity index (χ4n) is 1.68. The third-order valence-electron chi connectivity index (χ3n) is 2.69. The summed E-state index contributed by atoms with van der Waals surface area (Å²) in [4.78, 5) is 26.4. The fraction of sp³-hybridized carbons (Fsp3) is 0.769. The van der Waals surface area contributed by atoms with Crippen LogP contribution in [0.3, 0.4) is 0 Å². The van der Waals surface area contributed by atoms with Crippen LogP contribution in [-0.4, -0.2) is 30.5 Å². The van der Waals surface area contributed by atoms with Crippen molar-refractivity contribution in [2.75, 3.05) is 6.54 Å². The maximum Gasteiger partial charge on any atom is 0.306 e. The van der Waals surface area contributed by atoms with E-state index in [-0.39, 0.29) is 30.8 Å². The van der Waals surface area contributed by atoms with Crippen LogP contribution in [0.1, 0.15) is 51.9 Å². The number of primary amides is 1. The van der Waals surface area contributed by atoms with Gasteiger partial charge in [0.2, 0.25) is 5.91 Å². The van der Waals surface area contributed by atoms with Gasteiger partial charge in [0.25, 0.3) is 0 Å². The van der Waals surface area contributed by atoms with Crippen molar-refractivity contribution in [3.63, 3.8) is 0 Å². The monoisotopic (exact) mass is 322 g/mol. The predicted octanol–water partition coefficient (Wildman–Crippen LogP) is 0.829. The number of nitrogens with two attached hydrogens (primary N) is 3. The molecule has 0 aliphatic rings. The van der Waals surface area contributed by atoms with Crippen LogP contribution >= 0.6 is 12.4 Å². The van der Waals surface area contributed by atoms with Gasteiger partial charge in [0.1, 0.15) is 6.10 Å². The average Bonchev–Trinajstić information content (AvgIpc) is 2.34. The molecule has 0 rings (SSSR count). The summed E-state index contributed by atoms with van der Waals surface area (Å²) >= 11 is 0. The lowest BCUT2D eigenvalue weighted by molar-refractivity contribution is -0.150. The number of rotatable bonds is 11. The minimum Gasteiger partial charge on any atom is -0.462 e. The van der Waals surface area contributed by atoms with Gasteiger partial charge in [0.15, 0.2) is 5.96 Å². The van der Waals surface area contributed by atoms with Gasteiger partial charge in [-0.3, -0.25) is 14.6 Å². The second-order valence-corrected chi connectivity index (χ2v) is 4.69. The first kappa shape index (κ1) is 21.8. The number of carbonyl (C=O) groups is 2. The average molecular weight is 323 g/mol. The molecule has 0 saturated heterocycles. The Morgan fingerprint density at radius 1 is 1.14 bits per heavy atom. The standard InChI is InChI=1S/C13H26N4O3.ClH/c1-2-3-7-12(19)20-10(9-11(14)18)6-4-5-8-17-13(15)16;/h10H,2-9H2,1H3,(H2,14,18)(H4,15,16,17);1H/t10-;/m0./s1. The molecule has 0 aromatic rings. The molecule has 8 heteroatoms. The first-order valence-corrected chi connectivity index (χ1v) is 6.98. The van der Waals surface area contributed by atoms with Crippen LogP contribution in [0.15, 0.2) is 4.99 Å². The maximum atomic E-state index is 11.5. The van der Waals surface area contributed by atoms with Crippen LogP contribution in [0.2, 0.25) is 0 Å². The van der Waals surface area contributed by atoms with Gasteiger partial charge >= 0.3 is 5.97 Å². The molecule has 0 radical (unpaired) electrons. The molecule has 0 fully saturated rings. The normalized spacial score (nSPS) is 11.1. The van der Waals surface area contributed by atoms with Crippen LogP contribution in [0.4, 0.5) is 0 Å². The zero-order valence-corrected chi connectivity index (χ0v) is 13.4. The molecule has 0 aromatic carbocycles. The van der Waals surface area contributed by atoms with Crippen LogP contribution in [0.5, 0.6) is 0 Å². The van der Waals surface area contributed by atoms with Crippen molar-refractivity contribution >= 4 is 30.2 Å². The second-order valence-electron chi connectivity index (χ2n) is 4.69. The van der Waals surface area contributed by atoms with Crippen LogP contribution in [0, 0.1) is 0 Å². The number of halogens is 1. The number of guanidine groups is 1. The van der Waals surface area contributed by atoms with Gasteiger partial charge in [-0.15, -0.1) is 12.4 Å². The Kier molecular flexibility index (Phi) is 14.0. The highest BCUT2D eigenvalue weighted by Crippen LogP contribution is 2.11. The molecular formula is C13H27ClN4O3. The molecule has 0 saturated carbocycles. The molecule has 21 heavy (non-hydrogen) atoms. The zero-order valence-electron chi connectivity index (χ0n) is 12.5. The molecule has 0 aromatic heterocycles. The van der Waals surface area contributed by atoms with Crippen molar-refractivity contribution in [1.82, 2.24) is 0 Å². The van der Waals surface area contributed by atoms with Gasteiger partial charge in [-0.2, -0.15) is 0 Å². The van der Waals surface area contributed by atoms with Gasteiger partial charge in [0, 0.05) is 13.0 Å². The highest BCUT2D eigenvalue weighted by atomic mass is 35.5. The number of amides is 1. The molecule has 0 heterocycles. The molecule has 1 amide bonds. The van der Waals surface area contributed by atoms with Crippen molar-refractivity contribution in [1.29, 1.82) is 0 Å². The molecular weight excluding hydrogens is 296 g/mol. The number of aliphatic imine (C=N–C) groups is 1. The van der Waals surface area contributed by atoms with E-state index >= 15 is 0 Å². The smallest absolute Gasteiger partial charge is 0.306 e. The molecule has 0 bridgehead atoms. The summed E-state index contributed by atoms with van der Waals surface area (Å²) in [6, 6.07) is 0. The third-order valence-corrected chi connectivity index (χ3v) is 2.69. The quantitative estimate of drug-likeness (QED) is 0.224. The Morgan fingerprint density at radius 3 is 2.33 bits per heavy atom.